The molecule has 0 spiro atoms. The summed E-state index contributed by atoms with van der Waals surface area (Å²) < 4.78 is 0. The van der Waals surface area contributed by atoms with Crippen LogP contribution < -0.4 is 5.56 Å². The predicted molar refractivity (Wildman–Crippen MR) is 93.0 cm³/mol. The molecule has 0 atom stereocenters. The first-order valence-electron chi connectivity index (χ1n) is 7.49. The van der Waals surface area contributed by atoms with E-state index in [9.17, 15) is 10.1 Å². The standard InChI is InChI=1S/C19H12ClN3O/c1-10-9-22-5-4-13(10)17-15-6-11-2-3-12(20)7-14(11)18(15)23-19(24)16(17)8-21/h2-5,7,9H,6H2,1H3,(H,23,24). The van der Waals surface area contributed by atoms with Gasteiger partial charge in [-0.25, -0.2) is 0 Å². The number of benzene rings is 1. The van der Waals surface area contributed by atoms with Crippen LogP contribution in [0.25, 0.3) is 22.4 Å². The highest BCUT2D eigenvalue weighted by atomic mass is 35.5. The van der Waals surface area contributed by atoms with Crippen LogP contribution in [0.1, 0.15) is 22.3 Å². The Morgan fingerprint density at radius 3 is 2.88 bits per heavy atom. The Bertz CT molecular complexity index is 1090. The van der Waals surface area contributed by atoms with Crippen molar-refractivity contribution in [3.63, 3.8) is 0 Å². The topological polar surface area (TPSA) is 69.5 Å². The quantitative estimate of drug-likeness (QED) is 0.575. The summed E-state index contributed by atoms with van der Waals surface area (Å²) in [4.78, 5) is 19.5. The van der Waals surface area contributed by atoms with Crippen molar-refractivity contribution < 1.29 is 0 Å². The Labute approximate surface area is 143 Å². The molecular weight excluding hydrogens is 322 g/mol. The van der Waals surface area contributed by atoms with E-state index in [1.165, 1.54) is 0 Å². The number of aromatic amines is 1. The third kappa shape index (κ3) is 2.06. The molecule has 1 aromatic carbocycles. The summed E-state index contributed by atoms with van der Waals surface area (Å²) in [7, 11) is 0. The van der Waals surface area contributed by atoms with E-state index in [2.05, 4.69) is 16.0 Å². The van der Waals surface area contributed by atoms with Crippen LogP contribution in [0.4, 0.5) is 0 Å². The lowest BCUT2D eigenvalue weighted by Gasteiger charge is -2.12. The van der Waals surface area contributed by atoms with Crippen LogP contribution in [0.15, 0.2) is 41.5 Å². The smallest absolute Gasteiger partial charge is 0.266 e. The van der Waals surface area contributed by atoms with Crippen LogP contribution in [0.2, 0.25) is 5.02 Å². The van der Waals surface area contributed by atoms with Gasteiger partial charge in [0.05, 0.1) is 5.69 Å². The van der Waals surface area contributed by atoms with E-state index in [1.54, 1.807) is 12.4 Å². The zero-order valence-electron chi connectivity index (χ0n) is 12.9. The highest BCUT2D eigenvalue weighted by Crippen LogP contribution is 2.42. The van der Waals surface area contributed by atoms with Crippen LogP contribution in [0.5, 0.6) is 0 Å². The minimum absolute atomic E-state index is 0.141. The van der Waals surface area contributed by atoms with Gasteiger partial charge in [-0.05, 0) is 47.4 Å². The zero-order valence-corrected chi connectivity index (χ0v) is 13.6. The van der Waals surface area contributed by atoms with Gasteiger partial charge in [0.1, 0.15) is 11.6 Å². The number of aryl methyl sites for hydroxylation is 1. The summed E-state index contributed by atoms with van der Waals surface area (Å²) in [5.41, 5.74) is 5.97. The summed E-state index contributed by atoms with van der Waals surface area (Å²) in [6.07, 6.45) is 4.07. The third-order valence-electron chi connectivity index (χ3n) is 4.43. The molecule has 1 N–H and O–H groups in total. The van der Waals surface area contributed by atoms with Crippen molar-refractivity contribution in [1.82, 2.24) is 9.97 Å². The number of nitrogens with one attached hydrogen (secondary N) is 1. The largest absolute Gasteiger partial charge is 0.320 e. The number of pyridine rings is 2. The maximum atomic E-state index is 12.5. The molecule has 4 nitrogen and oxygen atoms in total. The number of halogens is 1. The molecule has 0 radical (unpaired) electrons. The number of hydrogen-bond acceptors (Lipinski definition) is 3. The fourth-order valence-corrected chi connectivity index (χ4v) is 3.50. The summed E-state index contributed by atoms with van der Waals surface area (Å²) in [6.45, 7) is 1.93. The van der Waals surface area contributed by atoms with Gasteiger partial charge in [0.25, 0.3) is 5.56 Å². The van der Waals surface area contributed by atoms with Gasteiger partial charge in [0.15, 0.2) is 0 Å². The first kappa shape index (κ1) is 14.7. The van der Waals surface area contributed by atoms with E-state index in [0.29, 0.717) is 17.0 Å². The molecule has 3 aromatic rings. The molecule has 0 saturated carbocycles. The average Bonchev–Trinajstić information content (AvgIpc) is 2.92. The lowest BCUT2D eigenvalue weighted by molar-refractivity contribution is 1.17. The summed E-state index contributed by atoms with van der Waals surface area (Å²) >= 11 is 6.12. The molecule has 0 aliphatic heterocycles. The average molecular weight is 334 g/mol. The van der Waals surface area contributed by atoms with Crippen molar-refractivity contribution in [1.29, 1.82) is 5.26 Å². The van der Waals surface area contributed by atoms with Gasteiger partial charge < -0.3 is 4.98 Å². The Morgan fingerprint density at radius 2 is 2.12 bits per heavy atom. The maximum absolute atomic E-state index is 12.5. The van der Waals surface area contributed by atoms with Crippen molar-refractivity contribution in [2.75, 3.05) is 0 Å². The van der Waals surface area contributed by atoms with Crippen LogP contribution >= 0.6 is 11.6 Å². The molecule has 0 saturated heterocycles. The van der Waals surface area contributed by atoms with Crippen molar-refractivity contribution in [2.45, 2.75) is 13.3 Å². The van der Waals surface area contributed by atoms with E-state index in [4.69, 9.17) is 11.6 Å². The van der Waals surface area contributed by atoms with E-state index in [1.807, 2.05) is 31.2 Å². The number of H-pyrrole nitrogens is 1. The maximum Gasteiger partial charge on any atom is 0.266 e. The highest BCUT2D eigenvalue weighted by Gasteiger charge is 2.27. The molecule has 116 valence electrons. The second-order valence-electron chi connectivity index (χ2n) is 5.84. The second-order valence-corrected chi connectivity index (χ2v) is 6.27. The van der Waals surface area contributed by atoms with Crippen LogP contribution in [-0.4, -0.2) is 9.97 Å². The fourth-order valence-electron chi connectivity index (χ4n) is 3.33. The van der Waals surface area contributed by atoms with Gasteiger partial charge >= 0.3 is 0 Å². The molecule has 1 aliphatic carbocycles. The normalized spacial score (nSPS) is 11.7. The summed E-state index contributed by atoms with van der Waals surface area (Å²) in [5.74, 6) is 0. The van der Waals surface area contributed by atoms with E-state index >= 15 is 0 Å². The predicted octanol–water partition coefficient (Wildman–Crippen LogP) is 3.84. The minimum atomic E-state index is -0.379. The van der Waals surface area contributed by atoms with Crippen molar-refractivity contribution in [2.24, 2.45) is 0 Å². The number of rotatable bonds is 1. The molecule has 1 aliphatic rings. The van der Waals surface area contributed by atoms with Gasteiger partial charge in [-0.15, -0.1) is 0 Å². The molecule has 2 heterocycles. The molecule has 5 heteroatoms. The van der Waals surface area contributed by atoms with E-state index in [0.717, 1.165) is 33.5 Å². The Hall–Kier alpha value is -2.90. The molecular formula is C19H12ClN3O. The molecule has 2 aromatic heterocycles. The number of aromatic nitrogens is 2. The molecule has 0 unspecified atom stereocenters. The SMILES string of the molecule is Cc1cnccc1-c1c2c([nH]c(=O)c1C#N)-c1cc(Cl)ccc1C2. The Morgan fingerprint density at radius 1 is 1.29 bits per heavy atom. The molecule has 0 bridgehead atoms. The Balaban J connectivity index is 2.11. The van der Waals surface area contributed by atoms with Crippen LogP contribution in [0.3, 0.4) is 0 Å². The molecule has 0 amide bonds. The lowest BCUT2D eigenvalue weighted by atomic mass is 9.93. The first-order chi connectivity index (χ1) is 11.6. The monoisotopic (exact) mass is 333 g/mol. The fraction of sp³-hybridized carbons (Fsp3) is 0.105. The van der Waals surface area contributed by atoms with Crippen molar-refractivity contribution >= 4 is 11.6 Å². The number of nitriles is 1. The van der Waals surface area contributed by atoms with Crippen molar-refractivity contribution in [3.05, 3.63) is 74.3 Å². The number of fused-ring (bicyclic) bond motifs is 3. The van der Waals surface area contributed by atoms with E-state index in [-0.39, 0.29) is 11.1 Å². The van der Waals surface area contributed by atoms with Gasteiger partial charge in [0.2, 0.25) is 0 Å². The minimum Gasteiger partial charge on any atom is -0.320 e. The van der Waals surface area contributed by atoms with Crippen molar-refractivity contribution in [3.8, 4) is 28.5 Å². The Kier molecular flexibility index (Phi) is 3.26. The van der Waals surface area contributed by atoms with E-state index < -0.39 is 0 Å². The van der Waals surface area contributed by atoms with Gasteiger partial charge in [-0.1, -0.05) is 17.7 Å². The third-order valence-corrected chi connectivity index (χ3v) is 4.66. The van der Waals surface area contributed by atoms with Crippen LogP contribution in [-0.2, 0) is 6.42 Å². The lowest BCUT2D eigenvalue weighted by Crippen LogP contribution is -2.14. The van der Waals surface area contributed by atoms with Crippen LogP contribution in [0, 0.1) is 18.3 Å². The second kappa shape index (κ2) is 5.33. The molecule has 0 fully saturated rings. The van der Waals surface area contributed by atoms with Gasteiger partial charge in [-0.2, -0.15) is 5.26 Å². The highest BCUT2D eigenvalue weighted by molar-refractivity contribution is 6.31. The summed E-state index contributed by atoms with van der Waals surface area (Å²) in [5, 5.41) is 10.2. The first-order valence-corrected chi connectivity index (χ1v) is 7.87. The molecule has 24 heavy (non-hydrogen) atoms. The summed E-state index contributed by atoms with van der Waals surface area (Å²) in [6, 6.07) is 9.57. The van der Waals surface area contributed by atoms with Gasteiger partial charge in [-0.3, -0.25) is 9.78 Å². The molecule has 4 rings (SSSR count). The van der Waals surface area contributed by atoms with Gasteiger partial charge in [0, 0.05) is 35.0 Å². The zero-order chi connectivity index (χ0) is 16.8. The number of nitrogens with zero attached hydrogens (tertiary/aromatic N) is 2. The number of hydrogen-bond donors (Lipinski definition) is 1.